The normalized spacial score (nSPS) is 11.2. The topological polar surface area (TPSA) is 9.86 Å². The third-order valence-electron chi connectivity index (χ3n) is 8.88. The molecule has 2 nitrogen and oxygen atoms in total. The standard InChI is InChI=1S/2C21H14N.2ClH.Ti/c2*1-2-8-16-14-17(13-15(16)7-1)22-20-11-5-3-9-18(20)19-10-4-6-12-21(19)22;;;/h2*1-14H;2*1H;/q2*-1;;;+2/p-2. The van der Waals surface area contributed by atoms with Crippen LogP contribution in [0, 0.1) is 0 Å². The molecule has 0 N–H and O–H groups in total. The number of hydrogen-bond donors (Lipinski definition) is 0. The summed E-state index contributed by atoms with van der Waals surface area (Å²) in [4.78, 5) is 0. The summed E-state index contributed by atoms with van der Waals surface area (Å²) >= 11 is -0.556. The first kappa shape index (κ1) is 29.8. The molecule has 2 aromatic heterocycles. The van der Waals surface area contributed by atoms with Crippen LogP contribution < -0.4 is 0 Å². The monoisotopic (exact) mass is 678 g/mol. The Hall–Kier alpha value is -4.57. The molecule has 2 heterocycles. The molecule has 10 rings (SSSR count). The van der Waals surface area contributed by atoms with Crippen molar-refractivity contribution in [3.05, 3.63) is 170 Å². The molecule has 0 aliphatic carbocycles. The molecule has 0 bridgehead atoms. The molecule has 0 fully saturated rings. The van der Waals surface area contributed by atoms with Crippen molar-refractivity contribution in [2.75, 3.05) is 0 Å². The van der Waals surface area contributed by atoms with E-state index >= 15 is 0 Å². The average molecular weight is 679 g/mol. The van der Waals surface area contributed by atoms with Crippen LogP contribution in [-0.4, -0.2) is 9.13 Å². The Morgan fingerprint density at radius 1 is 0.383 bits per heavy atom. The molecule has 0 atom stereocenters. The molecule has 0 aliphatic heterocycles. The zero-order valence-electron chi connectivity index (χ0n) is 25.3. The van der Waals surface area contributed by atoms with Gasteiger partial charge in [0, 0.05) is 21.5 Å². The molecule has 226 valence electrons. The van der Waals surface area contributed by atoms with Gasteiger partial charge in [0.25, 0.3) is 0 Å². The molecular weight excluding hydrogens is 651 g/mol. The number of fused-ring (bicyclic) bond motifs is 8. The van der Waals surface area contributed by atoms with E-state index in [-0.39, 0.29) is 0 Å². The number of para-hydroxylation sites is 4. The van der Waals surface area contributed by atoms with Gasteiger partial charge in [-0.2, -0.15) is 0 Å². The Bertz CT molecular complexity index is 2300. The molecular formula is C42H28Cl2N2Ti-2. The Morgan fingerprint density at radius 3 is 0.979 bits per heavy atom. The van der Waals surface area contributed by atoms with Crippen LogP contribution >= 0.6 is 18.6 Å². The fourth-order valence-corrected chi connectivity index (χ4v) is 6.93. The third-order valence-corrected chi connectivity index (χ3v) is 8.88. The molecule has 0 unspecified atom stereocenters. The minimum absolute atomic E-state index is 0.556. The van der Waals surface area contributed by atoms with Crippen molar-refractivity contribution in [2.24, 2.45) is 0 Å². The summed E-state index contributed by atoms with van der Waals surface area (Å²) in [6.07, 6.45) is 0. The van der Waals surface area contributed by atoms with Crippen LogP contribution in [0.1, 0.15) is 0 Å². The van der Waals surface area contributed by atoms with E-state index in [1.807, 2.05) is 0 Å². The fraction of sp³-hybridized carbons (Fsp3) is 0. The summed E-state index contributed by atoms with van der Waals surface area (Å²) in [5.74, 6) is 0. The van der Waals surface area contributed by atoms with Crippen molar-refractivity contribution in [3.8, 4) is 11.4 Å². The van der Waals surface area contributed by atoms with Crippen molar-refractivity contribution in [2.45, 2.75) is 0 Å². The Labute approximate surface area is 289 Å². The number of halogens is 2. The molecule has 10 aromatic rings. The molecule has 0 amide bonds. The molecule has 0 saturated carbocycles. The predicted octanol–water partition coefficient (Wildman–Crippen LogP) is 12.7. The first-order valence-electron chi connectivity index (χ1n) is 15.5. The molecule has 0 saturated heterocycles. The van der Waals surface area contributed by atoms with Gasteiger partial charge in [-0.1, -0.05) is 84.9 Å². The number of benzene rings is 6. The Balaban J connectivity index is 0.000000128. The van der Waals surface area contributed by atoms with E-state index < -0.39 is 17.0 Å². The molecule has 0 spiro atoms. The minimum Gasteiger partial charge on any atom is -0.328 e. The SMILES string of the molecule is [Cl][Ti][Cl].c1ccc2[cH-]c(-n3c4ccccc4c4ccccc43)cc2c1.c1ccc2[cH-]c(-n3c4ccccc4c4ccccc43)cc2c1. The zero-order valence-corrected chi connectivity index (χ0v) is 28.4. The first-order valence-corrected chi connectivity index (χ1v) is 19.8. The number of aromatic nitrogens is 2. The van der Waals surface area contributed by atoms with E-state index in [2.05, 4.69) is 179 Å². The zero-order chi connectivity index (χ0) is 31.7. The van der Waals surface area contributed by atoms with E-state index in [0.29, 0.717) is 0 Å². The van der Waals surface area contributed by atoms with Gasteiger partial charge >= 0.3 is 35.6 Å². The van der Waals surface area contributed by atoms with Gasteiger partial charge in [-0.15, -0.1) is 82.2 Å². The van der Waals surface area contributed by atoms with Gasteiger partial charge in [0.2, 0.25) is 0 Å². The summed E-state index contributed by atoms with van der Waals surface area (Å²) in [5, 5.41) is 10.4. The van der Waals surface area contributed by atoms with E-state index in [9.17, 15) is 0 Å². The van der Waals surface area contributed by atoms with Crippen LogP contribution in [0.2, 0.25) is 0 Å². The third kappa shape index (κ3) is 5.38. The Kier molecular flexibility index (Phi) is 8.19. The van der Waals surface area contributed by atoms with Crippen molar-refractivity contribution in [1.82, 2.24) is 9.13 Å². The summed E-state index contributed by atoms with van der Waals surface area (Å²) in [5.41, 5.74) is 7.52. The smallest absolute Gasteiger partial charge is 0.0523 e. The number of rotatable bonds is 2. The van der Waals surface area contributed by atoms with Crippen molar-refractivity contribution in [1.29, 1.82) is 0 Å². The van der Waals surface area contributed by atoms with Crippen molar-refractivity contribution in [3.63, 3.8) is 0 Å². The van der Waals surface area contributed by atoms with Crippen LogP contribution in [0.4, 0.5) is 0 Å². The number of nitrogens with zero attached hydrogens (tertiary/aromatic N) is 2. The maximum absolute atomic E-state index is 4.89. The fourth-order valence-electron chi connectivity index (χ4n) is 6.93. The van der Waals surface area contributed by atoms with Gasteiger partial charge in [0.1, 0.15) is 0 Å². The van der Waals surface area contributed by atoms with Crippen LogP contribution in [0.5, 0.6) is 0 Å². The van der Waals surface area contributed by atoms with Crippen molar-refractivity contribution >= 4 is 83.8 Å². The van der Waals surface area contributed by atoms with Crippen LogP contribution in [0.25, 0.3) is 76.5 Å². The van der Waals surface area contributed by atoms with Gasteiger partial charge in [0.05, 0.1) is 22.1 Å². The largest absolute Gasteiger partial charge is 0.328 e. The van der Waals surface area contributed by atoms with Crippen molar-refractivity contribution < 1.29 is 17.0 Å². The summed E-state index contributed by atoms with van der Waals surface area (Å²) in [7, 11) is 9.78. The van der Waals surface area contributed by atoms with Gasteiger partial charge < -0.3 is 9.13 Å². The summed E-state index contributed by atoms with van der Waals surface area (Å²) < 4.78 is 4.73. The maximum Gasteiger partial charge on any atom is 0.0523 e. The second-order valence-corrected chi connectivity index (χ2v) is 14.1. The molecule has 5 heteroatoms. The minimum atomic E-state index is -0.556. The maximum atomic E-state index is 4.89. The second kappa shape index (κ2) is 12.9. The molecule has 8 aromatic carbocycles. The van der Waals surface area contributed by atoms with E-state index in [4.69, 9.17) is 18.6 Å². The van der Waals surface area contributed by atoms with E-state index in [1.54, 1.807) is 0 Å². The van der Waals surface area contributed by atoms with Gasteiger partial charge in [-0.3, -0.25) is 0 Å². The van der Waals surface area contributed by atoms with Gasteiger partial charge in [0.15, 0.2) is 0 Å². The number of hydrogen-bond acceptors (Lipinski definition) is 0. The van der Waals surface area contributed by atoms with E-state index in [0.717, 1.165) is 0 Å². The quantitative estimate of drug-likeness (QED) is 0.127. The first-order chi connectivity index (χ1) is 23.2. The summed E-state index contributed by atoms with van der Waals surface area (Å²) in [6, 6.07) is 60.7. The molecule has 0 aliphatic rings. The van der Waals surface area contributed by atoms with E-state index in [1.165, 1.54) is 76.5 Å². The average Bonchev–Trinajstić information content (AvgIpc) is 3.89. The molecule has 0 radical (unpaired) electrons. The van der Waals surface area contributed by atoms with Crippen LogP contribution in [0.15, 0.2) is 170 Å². The van der Waals surface area contributed by atoms with Crippen LogP contribution in [-0.2, 0) is 17.0 Å². The van der Waals surface area contributed by atoms with Crippen LogP contribution in [0.3, 0.4) is 0 Å². The Morgan fingerprint density at radius 2 is 0.660 bits per heavy atom. The summed E-state index contributed by atoms with van der Waals surface area (Å²) in [6.45, 7) is 0. The molecule has 47 heavy (non-hydrogen) atoms. The van der Waals surface area contributed by atoms with Gasteiger partial charge in [-0.05, 0) is 35.6 Å². The predicted molar refractivity (Wildman–Crippen MR) is 199 cm³/mol. The van der Waals surface area contributed by atoms with Gasteiger partial charge in [-0.25, -0.2) is 0 Å². The second-order valence-electron chi connectivity index (χ2n) is 11.5.